The van der Waals surface area contributed by atoms with Crippen LogP contribution in [0, 0.1) is 12.7 Å². The number of fused-ring (bicyclic) bond motifs is 1. The molecule has 2 fully saturated rings. The zero-order valence-electron chi connectivity index (χ0n) is 15.4. The summed E-state index contributed by atoms with van der Waals surface area (Å²) in [5.41, 5.74) is 3.94. The van der Waals surface area contributed by atoms with E-state index in [2.05, 4.69) is 11.0 Å². The number of piperazine rings is 1. The quantitative estimate of drug-likeness (QED) is 0.706. The van der Waals surface area contributed by atoms with Crippen molar-refractivity contribution in [2.24, 2.45) is 0 Å². The Kier molecular flexibility index (Phi) is 3.71. The summed E-state index contributed by atoms with van der Waals surface area (Å²) in [6.07, 6.45) is 4.21. The van der Waals surface area contributed by atoms with E-state index >= 15 is 0 Å². The molecule has 4 nitrogen and oxygen atoms in total. The fourth-order valence-corrected chi connectivity index (χ4v) is 4.13. The lowest BCUT2D eigenvalue weighted by Gasteiger charge is -2.36. The first-order valence-electron chi connectivity index (χ1n) is 9.53. The van der Waals surface area contributed by atoms with Crippen LogP contribution in [0.4, 0.5) is 10.1 Å². The molecule has 1 aliphatic carbocycles. The number of aromatic nitrogens is 1. The number of aryl methyl sites for hydroxylation is 1. The van der Waals surface area contributed by atoms with Gasteiger partial charge in [-0.2, -0.15) is 0 Å². The molecular formula is C22H22FN3O. The lowest BCUT2D eigenvalue weighted by molar-refractivity contribution is -0.131. The third-order valence-electron chi connectivity index (χ3n) is 5.71. The minimum Gasteiger partial charge on any atom is -0.360 e. The van der Waals surface area contributed by atoms with E-state index in [0.29, 0.717) is 18.0 Å². The standard InChI is InChI=1S/C22H22FN3O/c1-15-5-8-20(23)19-9-10-26(22(15)19)18-4-2-3-17(13-18)24-11-12-25(16-6-7-16)21(27)14-24/h2-5,8-10,13,16H,6-7,11-12,14H2,1H3. The van der Waals surface area contributed by atoms with Gasteiger partial charge in [0.15, 0.2) is 0 Å². The smallest absolute Gasteiger partial charge is 0.242 e. The fraction of sp³-hybridized carbons (Fsp3) is 0.318. The molecule has 1 aliphatic heterocycles. The van der Waals surface area contributed by atoms with E-state index in [4.69, 9.17) is 0 Å². The Morgan fingerprint density at radius 1 is 1.04 bits per heavy atom. The maximum absolute atomic E-state index is 14.2. The summed E-state index contributed by atoms with van der Waals surface area (Å²) < 4.78 is 16.2. The summed E-state index contributed by atoms with van der Waals surface area (Å²) in [4.78, 5) is 16.6. The van der Waals surface area contributed by atoms with Gasteiger partial charge in [0, 0.05) is 42.1 Å². The second kappa shape index (κ2) is 6.12. The van der Waals surface area contributed by atoms with Crippen molar-refractivity contribution >= 4 is 22.5 Å². The number of carbonyl (C=O) groups excluding carboxylic acids is 1. The zero-order valence-corrected chi connectivity index (χ0v) is 15.4. The van der Waals surface area contributed by atoms with Gasteiger partial charge in [-0.25, -0.2) is 4.39 Å². The van der Waals surface area contributed by atoms with E-state index in [1.807, 2.05) is 52.9 Å². The van der Waals surface area contributed by atoms with Crippen LogP contribution in [0.2, 0.25) is 0 Å². The molecule has 0 N–H and O–H groups in total. The Morgan fingerprint density at radius 2 is 1.85 bits per heavy atom. The molecule has 138 valence electrons. The van der Waals surface area contributed by atoms with E-state index < -0.39 is 0 Å². The number of amides is 1. The van der Waals surface area contributed by atoms with Crippen molar-refractivity contribution in [3.05, 3.63) is 60.0 Å². The number of benzene rings is 2. The molecule has 1 saturated heterocycles. The Balaban J connectivity index is 1.48. The topological polar surface area (TPSA) is 28.5 Å². The fourth-order valence-electron chi connectivity index (χ4n) is 4.13. The van der Waals surface area contributed by atoms with Crippen LogP contribution < -0.4 is 4.90 Å². The monoisotopic (exact) mass is 363 g/mol. The molecule has 1 amide bonds. The second-order valence-electron chi connectivity index (χ2n) is 7.57. The van der Waals surface area contributed by atoms with Gasteiger partial charge in [0.2, 0.25) is 5.91 Å². The minimum atomic E-state index is -0.202. The maximum atomic E-state index is 14.2. The number of carbonyl (C=O) groups is 1. The van der Waals surface area contributed by atoms with Gasteiger partial charge in [0.05, 0.1) is 12.1 Å². The first-order chi connectivity index (χ1) is 13.1. The number of hydrogen-bond acceptors (Lipinski definition) is 2. The van der Waals surface area contributed by atoms with Crippen molar-refractivity contribution in [1.82, 2.24) is 9.47 Å². The molecule has 1 aromatic heterocycles. The summed E-state index contributed by atoms with van der Waals surface area (Å²) in [7, 11) is 0. The summed E-state index contributed by atoms with van der Waals surface area (Å²) in [6.45, 7) is 4.08. The Hall–Kier alpha value is -2.82. The molecule has 0 bridgehead atoms. The lowest BCUT2D eigenvalue weighted by atomic mass is 10.1. The normalized spacial score (nSPS) is 17.8. The largest absolute Gasteiger partial charge is 0.360 e. The van der Waals surface area contributed by atoms with Crippen LogP contribution in [0.5, 0.6) is 0 Å². The second-order valence-corrected chi connectivity index (χ2v) is 7.57. The zero-order chi connectivity index (χ0) is 18.5. The van der Waals surface area contributed by atoms with Crippen molar-refractivity contribution < 1.29 is 9.18 Å². The van der Waals surface area contributed by atoms with Gasteiger partial charge >= 0.3 is 0 Å². The molecular weight excluding hydrogens is 341 g/mol. The highest BCUT2D eigenvalue weighted by Gasteiger charge is 2.35. The van der Waals surface area contributed by atoms with Gasteiger partial charge in [-0.05, 0) is 55.7 Å². The van der Waals surface area contributed by atoms with Crippen LogP contribution in [0.25, 0.3) is 16.6 Å². The molecule has 0 spiro atoms. The first-order valence-corrected chi connectivity index (χ1v) is 9.53. The average molecular weight is 363 g/mol. The van der Waals surface area contributed by atoms with Crippen molar-refractivity contribution in [2.45, 2.75) is 25.8 Å². The van der Waals surface area contributed by atoms with Gasteiger partial charge in [-0.15, -0.1) is 0 Å². The molecule has 1 saturated carbocycles. The van der Waals surface area contributed by atoms with Crippen LogP contribution in [0.3, 0.4) is 0 Å². The molecule has 0 unspecified atom stereocenters. The minimum absolute atomic E-state index is 0.202. The van der Waals surface area contributed by atoms with E-state index in [1.54, 1.807) is 0 Å². The lowest BCUT2D eigenvalue weighted by Crippen LogP contribution is -2.51. The molecule has 2 aliphatic rings. The van der Waals surface area contributed by atoms with Crippen molar-refractivity contribution in [1.29, 1.82) is 0 Å². The van der Waals surface area contributed by atoms with Gasteiger partial charge in [-0.3, -0.25) is 4.79 Å². The van der Waals surface area contributed by atoms with Gasteiger partial charge < -0.3 is 14.4 Å². The molecule has 3 aromatic rings. The number of halogens is 1. The van der Waals surface area contributed by atoms with Gasteiger partial charge in [0.25, 0.3) is 0 Å². The molecule has 0 atom stereocenters. The molecule has 5 rings (SSSR count). The van der Waals surface area contributed by atoms with Crippen molar-refractivity contribution in [2.75, 3.05) is 24.5 Å². The first kappa shape index (κ1) is 16.4. The highest BCUT2D eigenvalue weighted by atomic mass is 19.1. The molecule has 27 heavy (non-hydrogen) atoms. The average Bonchev–Trinajstić information content (AvgIpc) is 3.41. The highest BCUT2D eigenvalue weighted by Crippen LogP contribution is 2.31. The van der Waals surface area contributed by atoms with Crippen LogP contribution in [-0.2, 0) is 4.79 Å². The van der Waals surface area contributed by atoms with Crippen LogP contribution in [0.1, 0.15) is 18.4 Å². The Morgan fingerprint density at radius 3 is 2.63 bits per heavy atom. The summed E-state index contributed by atoms with van der Waals surface area (Å²) in [5, 5.41) is 0.633. The third kappa shape index (κ3) is 2.78. The number of nitrogens with zero attached hydrogens (tertiary/aromatic N) is 3. The number of anilines is 1. The Bertz CT molecular complexity index is 1040. The molecule has 0 radical (unpaired) electrons. The molecule has 2 aromatic carbocycles. The Labute approximate surface area is 157 Å². The van der Waals surface area contributed by atoms with Crippen molar-refractivity contribution in [3.63, 3.8) is 0 Å². The summed E-state index contributed by atoms with van der Waals surface area (Å²) in [5.74, 6) is 0.0192. The van der Waals surface area contributed by atoms with Crippen LogP contribution >= 0.6 is 0 Å². The SMILES string of the molecule is Cc1ccc(F)c2ccn(-c3cccc(N4CCN(C5CC5)C(=O)C4)c3)c12. The molecule has 5 heteroatoms. The van der Waals surface area contributed by atoms with Gasteiger partial charge in [-0.1, -0.05) is 12.1 Å². The molecule has 2 heterocycles. The maximum Gasteiger partial charge on any atom is 0.242 e. The van der Waals surface area contributed by atoms with E-state index in [-0.39, 0.29) is 11.7 Å². The third-order valence-corrected chi connectivity index (χ3v) is 5.71. The highest BCUT2D eigenvalue weighted by molar-refractivity contribution is 5.86. The van der Waals surface area contributed by atoms with E-state index in [0.717, 1.165) is 48.4 Å². The van der Waals surface area contributed by atoms with Gasteiger partial charge in [0.1, 0.15) is 5.82 Å². The van der Waals surface area contributed by atoms with Crippen LogP contribution in [0.15, 0.2) is 48.7 Å². The summed E-state index contributed by atoms with van der Waals surface area (Å²) in [6, 6.07) is 13.8. The number of hydrogen-bond donors (Lipinski definition) is 0. The van der Waals surface area contributed by atoms with E-state index in [1.165, 1.54) is 6.07 Å². The van der Waals surface area contributed by atoms with Crippen LogP contribution in [-0.4, -0.2) is 41.1 Å². The predicted octanol–water partition coefficient (Wildman–Crippen LogP) is 3.89. The van der Waals surface area contributed by atoms with E-state index in [9.17, 15) is 9.18 Å². The number of rotatable bonds is 3. The summed E-state index contributed by atoms with van der Waals surface area (Å²) >= 11 is 0. The van der Waals surface area contributed by atoms with Crippen molar-refractivity contribution in [3.8, 4) is 5.69 Å². The predicted molar refractivity (Wildman–Crippen MR) is 105 cm³/mol.